The van der Waals surface area contributed by atoms with Gasteiger partial charge in [0, 0.05) is 60.7 Å². The lowest BCUT2D eigenvalue weighted by molar-refractivity contribution is -0.189. The van der Waals surface area contributed by atoms with E-state index in [-0.39, 0.29) is 91.1 Å². The first-order chi connectivity index (χ1) is 48.4. The molecule has 21 rings (SSSR count). The first-order valence-electron chi connectivity index (χ1n) is 33.5. The molecule has 21 heterocycles. The van der Waals surface area contributed by atoms with E-state index in [1.165, 1.54) is 21.1 Å². The lowest BCUT2D eigenvalue weighted by atomic mass is 9.80. The second-order valence-corrected chi connectivity index (χ2v) is 43.6. The summed E-state index contributed by atoms with van der Waals surface area (Å²) in [7, 11) is -24.7. The van der Waals surface area contributed by atoms with Gasteiger partial charge in [0.05, 0.1) is 75.0 Å². The molecule has 21 aliphatic heterocycles. The second-order valence-electron chi connectivity index (χ2n) is 30.9. The van der Waals surface area contributed by atoms with Crippen LogP contribution in [0.4, 0.5) is 26.3 Å². The van der Waals surface area contributed by atoms with Crippen LogP contribution in [0.2, 0.25) is 0 Å². The molecule has 0 radical (unpaired) electrons. The van der Waals surface area contributed by atoms with Gasteiger partial charge in [0.1, 0.15) is 118 Å². The maximum atomic E-state index is 13.0. The monoisotopic (exact) mass is 1650 g/mol. The molecule has 21 fully saturated rings. The molecule has 38 atom stereocenters. The molecule has 14 bridgehead atoms. The first-order valence-corrected chi connectivity index (χ1v) is 43.6. The van der Waals surface area contributed by atoms with E-state index in [2.05, 4.69) is 13.7 Å². The maximum absolute atomic E-state index is 13.0. The van der Waals surface area contributed by atoms with E-state index in [0.29, 0.717) is 6.42 Å². The van der Waals surface area contributed by atoms with Crippen LogP contribution in [0.5, 0.6) is 0 Å². The number of carbonyl (C=O) groups is 2. The first kappa shape index (κ1) is 76.9. The Morgan fingerprint density at radius 2 is 0.838 bits per heavy atom. The van der Waals surface area contributed by atoms with Crippen molar-refractivity contribution in [3.05, 3.63) is 0 Å². The van der Waals surface area contributed by atoms with E-state index in [9.17, 15) is 94.9 Å². The fourth-order valence-corrected chi connectivity index (χ4v) is 33.0. The molecule has 0 spiro atoms. The molecule has 0 amide bonds. The van der Waals surface area contributed by atoms with Crippen molar-refractivity contribution in [2.75, 3.05) is 14.2 Å². The molecule has 590 valence electrons. The highest BCUT2D eigenvalue weighted by molar-refractivity contribution is 7.90. The number of nitriles is 2. The third kappa shape index (κ3) is 10.1. The van der Waals surface area contributed by atoms with Crippen molar-refractivity contribution in [2.24, 2.45) is 59.2 Å². The molecule has 0 saturated carbocycles. The number of ether oxygens (including phenoxy) is 9. The van der Waals surface area contributed by atoms with Crippen molar-refractivity contribution >= 4 is 82.8 Å². The van der Waals surface area contributed by atoms with E-state index >= 15 is 0 Å². The average Bonchev–Trinajstić information content (AvgIpc) is 1.52. The summed E-state index contributed by atoms with van der Waals surface area (Å²) in [5.74, 6) is -5.20. The summed E-state index contributed by atoms with van der Waals surface area (Å²) in [6, 6.07) is 3.90. The highest BCUT2D eigenvalue weighted by atomic mass is 32.2. The average molecular weight is 1650 g/mol. The SMILES string of the molecule is CC1C2CC3(C#N)C(O2)C1OS3(=O)=O.CC1C2CC3(C(F)(F)F)C(O2)C1OS3(=O)=O.CC1C2CC3(C)C(O2)C1OS3(=O)=O.CC1C2OC3C1OS(=O)(=O)C3C2C#N.CC1C2OS(=O)(=O)C3C2OC1C3C(F)(F)F.COC(=O)C12CC3OC1C(OS2(=O)=O)C3C.COC(=O)C1C2OC3C(OS(=O)(=O)C31)C2C. The van der Waals surface area contributed by atoms with Crippen LogP contribution in [-0.4, -0.2) is 260 Å². The van der Waals surface area contributed by atoms with Crippen LogP contribution in [0.1, 0.15) is 81.1 Å². The maximum Gasteiger partial charge on any atom is 0.413 e. The summed E-state index contributed by atoms with van der Waals surface area (Å²) in [4.78, 5) is 23.3. The van der Waals surface area contributed by atoms with Crippen molar-refractivity contribution in [1.29, 1.82) is 10.5 Å². The third-order valence-electron chi connectivity index (χ3n) is 25.9. The molecule has 34 nitrogen and oxygen atoms in total. The van der Waals surface area contributed by atoms with Gasteiger partial charge in [-0.05, 0) is 13.3 Å². The Labute approximate surface area is 598 Å². The number of nitrogens with zero attached hydrogens (tertiary/aromatic N) is 2. The smallest absolute Gasteiger partial charge is 0.413 e. The molecular formula is C58H72F6N2O32S7. The molecule has 21 saturated heterocycles. The molecule has 0 aromatic carbocycles. The Kier molecular flexibility index (Phi) is 17.5. The van der Waals surface area contributed by atoms with Gasteiger partial charge in [-0.15, -0.1) is 0 Å². The van der Waals surface area contributed by atoms with Crippen molar-refractivity contribution in [3.8, 4) is 12.1 Å². The van der Waals surface area contributed by atoms with E-state index < -0.39 is 245 Å². The summed E-state index contributed by atoms with van der Waals surface area (Å²) in [5, 5.41) is 14.7. The van der Waals surface area contributed by atoms with Gasteiger partial charge in [0.15, 0.2) is 0 Å². The van der Waals surface area contributed by atoms with Crippen LogP contribution < -0.4 is 0 Å². The van der Waals surface area contributed by atoms with Gasteiger partial charge in [-0.1, -0.05) is 48.5 Å². The van der Waals surface area contributed by atoms with Crippen molar-refractivity contribution in [3.63, 3.8) is 0 Å². The number of alkyl halides is 6. The summed E-state index contributed by atoms with van der Waals surface area (Å²) in [5.41, 5.74) is 0. The van der Waals surface area contributed by atoms with Crippen LogP contribution in [0.3, 0.4) is 0 Å². The van der Waals surface area contributed by atoms with Gasteiger partial charge < -0.3 is 42.6 Å². The number of hydrogen-bond donors (Lipinski definition) is 0. The van der Waals surface area contributed by atoms with Gasteiger partial charge in [0.25, 0.3) is 70.8 Å². The normalized spacial score (nSPS) is 55.1. The lowest BCUT2D eigenvalue weighted by Crippen LogP contribution is -2.56. The predicted molar refractivity (Wildman–Crippen MR) is 326 cm³/mol. The van der Waals surface area contributed by atoms with Crippen LogP contribution in [0.15, 0.2) is 0 Å². The minimum atomic E-state index is -4.85. The third-order valence-corrected chi connectivity index (χ3v) is 38.9. The Hall–Kier alpha value is -3.41. The van der Waals surface area contributed by atoms with E-state index in [1.807, 2.05) is 46.8 Å². The van der Waals surface area contributed by atoms with Crippen LogP contribution in [0.25, 0.3) is 0 Å². The molecule has 21 aliphatic rings. The van der Waals surface area contributed by atoms with Crippen molar-refractivity contribution in [1.82, 2.24) is 0 Å². The van der Waals surface area contributed by atoms with E-state index in [0.717, 1.165) is 0 Å². The van der Waals surface area contributed by atoms with Gasteiger partial charge >= 0.3 is 24.3 Å². The predicted octanol–water partition coefficient (Wildman–Crippen LogP) is -0.0676. The van der Waals surface area contributed by atoms with Crippen LogP contribution in [-0.2, 0) is 152 Å². The Morgan fingerprint density at radius 3 is 1.34 bits per heavy atom. The Morgan fingerprint density at radius 1 is 0.419 bits per heavy atom. The number of esters is 2. The van der Waals surface area contributed by atoms with Crippen molar-refractivity contribution in [2.45, 2.75) is 256 Å². The molecule has 38 unspecified atom stereocenters. The lowest BCUT2D eigenvalue weighted by Gasteiger charge is -2.29. The number of methoxy groups -OCH3 is 2. The summed E-state index contributed by atoms with van der Waals surface area (Å²) in [6.07, 6.45) is -20.1. The van der Waals surface area contributed by atoms with E-state index in [1.54, 1.807) is 13.8 Å². The zero-order chi connectivity index (χ0) is 76.8. The highest BCUT2D eigenvalue weighted by Gasteiger charge is 2.84. The zero-order valence-electron chi connectivity index (χ0n) is 56.5. The minimum Gasteiger partial charge on any atom is -0.469 e. The number of carbonyl (C=O) groups excluding carboxylic acids is 2. The fourth-order valence-electron chi connectivity index (χ4n) is 20.2. The van der Waals surface area contributed by atoms with Crippen molar-refractivity contribution < 1.29 is 167 Å². The number of rotatable bonds is 2. The van der Waals surface area contributed by atoms with Gasteiger partial charge in [-0.2, -0.15) is 95.8 Å². The van der Waals surface area contributed by atoms with Gasteiger partial charge in [-0.25, -0.2) is 0 Å². The molecule has 0 aromatic heterocycles. The van der Waals surface area contributed by atoms with Crippen LogP contribution >= 0.6 is 0 Å². The summed E-state index contributed by atoms with van der Waals surface area (Å²) < 4.78 is 315. The standard InChI is InChI=1S/2C9H12O6S.2C8H9F3O4S.2C8H9NO4S.C8H12O4S/c1-4-5-3-9(8(10)13-2)7(14-5)6(4)15-16(9,11)12;1-3-5-4(9(10)13-2)8-7(14-5)6(3)15-16(8,11)12;1-3-4-2-7(8(9,10)11)6(14-4)5(3)15-16(7,12)13;1-2-4-3(8(9,10)11)7-6(14-4)5(2)15-16(7,12)13;1-4-5-2-8(3-9)7(12-5)6(4)13-14(8,10)11;1-3-5-4(2-9)8-7(12-5)6(3)13-14(8,10)11;1-4-5-3-8(2)7(11-5)6(4)12-13(8,9)10/h4-7H,3H2,1-2H3;3-8H,1-2H3;3-6H,2H2,1H3;2-7H,1H3;4-7H,2H2,1H3;3-8H,1H3;4-7H,3H2,1-2H3. The Balaban J connectivity index is 0.0000000984. The molecule has 0 aliphatic carbocycles. The zero-order valence-corrected chi connectivity index (χ0v) is 62.3. The topological polar surface area (TPSA) is 468 Å². The minimum absolute atomic E-state index is 0.0000520. The molecule has 0 aromatic rings. The number of fused-ring (bicyclic) bond motifs is 7. The highest BCUT2D eigenvalue weighted by Crippen LogP contribution is 2.64. The molecule has 47 heteroatoms. The Bertz CT molecular complexity index is 4630. The fraction of sp³-hybridized carbons (Fsp3) is 0.931. The van der Waals surface area contributed by atoms with Crippen LogP contribution in [0, 0.1) is 81.8 Å². The molecule has 105 heavy (non-hydrogen) atoms. The summed E-state index contributed by atoms with van der Waals surface area (Å²) in [6.45, 7) is 14.4. The summed E-state index contributed by atoms with van der Waals surface area (Å²) >= 11 is 0. The molecular weight excluding hydrogens is 1580 g/mol. The molecule has 0 N–H and O–H groups in total. The quantitative estimate of drug-likeness (QED) is 0.198. The number of halogens is 6. The van der Waals surface area contributed by atoms with E-state index in [4.69, 9.17) is 68.8 Å². The van der Waals surface area contributed by atoms with Gasteiger partial charge in [0.2, 0.25) is 14.2 Å². The second kappa shape index (κ2) is 23.8. The largest absolute Gasteiger partial charge is 0.469 e. The van der Waals surface area contributed by atoms with Gasteiger partial charge in [-0.3, -0.25) is 38.9 Å². The number of hydrogen-bond acceptors (Lipinski definition) is 34.